The zero-order valence-corrected chi connectivity index (χ0v) is 29.4. The van der Waals surface area contributed by atoms with Crippen molar-refractivity contribution in [3.05, 3.63) is 77.1 Å². The molecule has 2 atom stereocenters. The van der Waals surface area contributed by atoms with Crippen molar-refractivity contribution in [2.24, 2.45) is 5.41 Å². The third-order valence-electron chi connectivity index (χ3n) is 8.43. The maximum Gasteiger partial charge on any atom is 0.408 e. The Morgan fingerprint density at radius 1 is 1.04 bits per heavy atom. The standard InChI is InChI=1S/C38H47F2N3O6/c1-9-43-31-13-12-24(19-28(31)29(20-38(6,7)21-44)33(43)27-11-10-14-41-32(27)22(2)48-8)25-15-23(16-26(18-25)34(39)40)17-30(35(45)46)42-36(47)49-37(3,4)5/h10-16,18-19,22,30,34,44H,9,17,20-21H2,1-8H3,(H,42,47)(H,45,46)/t22-,30-/m0/s1. The van der Waals surface area contributed by atoms with E-state index in [-0.39, 0.29) is 24.7 Å². The molecule has 4 aromatic rings. The van der Waals surface area contributed by atoms with E-state index in [4.69, 9.17) is 9.47 Å². The fourth-order valence-corrected chi connectivity index (χ4v) is 6.02. The van der Waals surface area contributed by atoms with E-state index in [1.165, 1.54) is 12.1 Å². The number of aliphatic hydroxyl groups excluding tert-OH is 1. The van der Waals surface area contributed by atoms with Crippen molar-refractivity contribution in [1.82, 2.24) is 14.9 Å². The Kier molecular flexibility index (Phi) is 11.5. The van der Waals surface area contributed by atoms with Crippen molar-refractivity contribution in [2.75, 3.05) is 13.7 Å². The fourth-order valence-electron chi connectivity index (χ4n) is 6.02. The molecule has 264 valence electrons. The molecule has 2 aromatic heterocycles. The van der Waals surface area contributed by atoms with Gasteiger partial charge >= 0.3 is 12.1 Å². The number of hydrogen-bond donors (Lipinski definition) is 3. The molecule has 0 fully saturated rings. The van der Waals surface area contributed by atoms with Crippen LogP contribution in [0.15, 0.2) is 54.7 Å². The van der Waals surface area contributed by atoms with Crippen LogP contribution in [-0.2, 0) is 33.7 Å². The van der Waals surface area contributed by atoms with Gasteiger partial charge in [-0.05, 0) is 99.0 Å². The molecule has 0 unspecified atom stereocenters. The second kappa shape index (κ2) is 15.0. The number of rotatable bonds is 13. The van der Waals surface area contributed by atoms with Gasteiger partial charge in [-0.3, -0.25) is 4.98 Å². The van der Waals surface area contributed by atoms with Gasteiger partial charge < -0.3 is 29.6 Å². The lowest BCUT2D eigenvalue weighted by molar-refractivity contribution is -0.139. The molecule has 3 N–H and O–H groups in total. The molecule has 0 bridgehead atoms. The summed E-state index contributed by atoms with van der Waals surface area (Å²) in [5.74, 6) is -1.32. The van der Waals surface area contributed by atoms with E-state index in [1.54, 1.807) is 40.1 Å². The first-order valence-corrected chi connectivity index (χ1v) is 16.4. The lowest BCUT2D eigenvalue weighted by Crippen LogP contribution is -2.44. The highest BCUT2D eigenvalue weighted by molar-refractivity contribution is 5.95. The molecule has 1 amide bonds. The van der Waals surface area contributed by atoms with Crippen molar-refractivity contribution in [2.45, 2.75) is 92.0 Å². The number of halogens is 2. The van der Waals surface area contributed by atoms with E-state index in [2.05, 4.69) is 21.8 Å². The highest BCUT2D eigenvalue weighted by Crippen LogP contribution is 2.42. The molecule has 49 heavy (non-hydrogen) atoms. The number of aliphatic carboxylic acids is 1. The maximum atomic E-state index is 14.2. The number of carboxylic acid groups (broad SMARTS) is 1. The van der Waals surface area contributed by atoms with Crippen LogP contribution in [-0.4, -0.2) is 57.2 Å². The monoisotopic (exact) mass is 679 g/mol. The highest BCUT2D eigenvalue weighted by Gasteiger charge is 2.29. The second-order valence-corrected chi connectivity index (χ2v) is 14.1. The SMILES string of the molecule is CCn1c(-c2cccnc2[C@H](C)OC)c(CC(C)(C)CO)c2cc(-c3cc(C[C@H](NC(=O)OC(C)(C)C)C(=O)O)cc(C(F)F)c3)ccc21. The summed E-state index contributed by atoms with van der Waals surface area (Å²) in [5.41, 5.74) is 4.38. The number of carbonyl (C=O) groups excluding carboxylic acids is 1. The first-order valence-electron chi connectivity index (χ1n) is 16.4. The van der Waals surface area contributed by atoms with E-state index >= 15 is 0 Å². The number of benzene rings is 2. The normalized spacial score (nSPS) is 13.5. The van der Waals surface area contributed by atoms with Crippen LogP contribution < -0.4 is 5.32 Å². The quantitative estimate of drug-likeness (QED) is 0.130. The third kappa shape index (κ3) is 8.82. The number of nitrogens with one attached hydrogen (secondary N) is 1. The van der Waals surface area contributed by atoms with Crippen LogP contribution in [0.1, 0.15) is 83.4 Å². The van der Waals surface area contributed by atoms with Gasteiger partial charge in [0.2, 0.25) is 0 Å². The van der Waals surface area contributed by atoms with Gasteiger partial charge in [-0.25, -0.2) is 18.4 Å². The molecule has 0 radical (unpaired) electrons. The Balaban J connectivity index is 1.91. The van der Waals surface area contributed by atoms with Crippen molar-refractivity contribution in [1.29, 1.82) is 0 Å². The minimum Gasteiger partial charge on any atom is -0.480 e. The number of fused-ring (bicyclic) bond motifs is 1. The Labute approximate surface area is 286 Å². The zero-order chi connectivity index (χ0) is 36.3. The fraction of sp³-hybridized carbons (Fsp3) is 0.447. The van der Waals surface area contributed by atoms with Crippen LogP contribution in [0.2, 0.25) is 0 Å². The Hall–Kier alpha value is -4.35. The van der Waals surface area contributed by atoms with Crippen LogP contribution in [0.4, 0.5) is 13.6 Å². The highest BCUT2D eigenvalue weighted by atomic mass is 19.3. The topological polar surface area (TPSA) is 123 Å². The van der Waals surface area contributed by atoms with Gasteiger partial charge in [-0.1, -0.05) is 32.0 Å². The number of aliphatic hydroxyl groups is 1. The number of alkyl carbamates (subject to hydrolysis) is 1. The molecule has 0 saturated carbocycles. The van der Waals surface area contributed by atoms with Gasteiger partial charge in [0.1, 0.15) is 11.6 Å². The number of ether oxygens (including phenoxy) is 2. The predicted octanol–water partition coefficient (Wildman–Crippen LogP) is 8.12. The van der Waals surface area contributed by atoms with Crippen molar-refractivity contribution < 1.29 is 38.1 Å². The molecule has 0 aliphatic heterocycles. The smallest absolute Gasteiger partial charge is 0.408 e. The van der Waals surface area contributed by atoms with Gasteiger partial charge in [0.25, 0.3) is 6.43 Å². The summed E-state index contributed by atoms with van der Waals surface area (Å²) in [5, 5.41) is 23.4. The number of nitrogens with zero attached hydrogens (tertiary/aromatic N) is 2. The van der Waals surface area contributed by atoms with Crippen molar-refractivity contribution in [3.63, 3.8) is 0 Å². The minimum atomic E-state index is -2.81. The number of amides is 1. The molecule has 2 heterocycles. The van der Waals surface area contributed by atoms with Gasteiger partial charge in [-0.15, -0.1) is 0 Å². The van der Waals surface area contributed by atoms with Crippen LogP contribution in [0, 0.1) is 5.41 Å². The maximum absolute atomic E-state index is 14.2. The molecule has 0 saturated heterocycles. The van der Waals surface area contributed by atoms with E-state index in [9.17, 15) is 28.6 Å². The second-order valence-electron chi connectivity index (χ2n) is 14.1. The first-order chi connectivity index (χ1) is 23.0. The summed E-state index contributed by atoms with van der Waals surface area (Å²) in [7, 11) is 1.63. The molecule has 9 nitrogen and oxygen atoms in total. The number of hydrogen-bond acceptors (Lipinski definition) is 6. The Morgan fingerprint density at radius 2 is 1.76 bits per heavy atom. The van der Waals surface area contributed by atoms with Gasteiger partial charge in [0.05, 0.1) is 17.5 Å². The summed E-state index contributed by atoms with van der Waals surface area (Å²) >= 11 is 0. The molecule has 2 aromatic carbocycles. The summed E-state index contributed by atoms with van der Waals surface area (Å²) < 4.78 is 41.6. The summed E-state index contributed by atoms with van der Waals surface area (Å²) in [4.78, 5) is 29.2. The number of aryl methyl sites for hydroxylation is 1. The number of aromatic nitrogens is 2. The zero-order valence-electron chi connectivity index (χ0n) is 29.4. The summed E-state index contributed by atoms with van der Waals surface area (Å²) in [6.07, 6.45) is -2.01. The lowest BCUT2D eigenvalue weighted by Gasteiger charge is -2.23. The lowest BCUT2D eigenvalue weighted by atomic mass is 9.84. The molecular formula is C38H47F2N3O6. The average Bonchev–Trinajstić information content (AvgIpc) is 3.34. The molecule has 0 spiro atoms. The first kappa shape index (κ1) is 37.5. The largest absolute Gasteiger partial charge is 0.480 e. The molecular weight excluding hydrogens is 632 g/mol. The number of carboxylic acids is 1. The number of carbonyl (C=O) groups is 2. The predicted molar refractivity (Wildman–Crippen MR) is 186 cm³/mol. The van der Waals surface area contributed by atoms with Crippen molar-refractivity contribution >= 4 is 23.0 Å². The number of pyridine rings is 1. The molecule has 0 aliphatic carbocycles. The van der Waals surface area contributed by atoms with E-state index in [0.29, 0.717) is 29.7 Å². The summed E-state index contributed by atoms with van der Waals surface area (Å²) in [6.45, 7) is 13.5. The van der Waals surface area contributed by atoms with Crippen LogP contribution in [0.5, 0.6) is 0 Å². The molecule has 11 heteroatoms. The average molecular weight is 680 g/mol. The summed E-state index contributed by atoms with van der Waals surface area (Å²) in [6, 6.07) is 12.6. The Bertz CT molecular complexity index is 1810. The van der Waals surface area contributed by atoms with E-state index in [1.807, 2.05) is 51.1 Å². The minimum absolute atomic E-state index is 0.0544. The van der Waals surface area contributed by atoms with Crippen LogP contribution >= 0.6 is 0 Å². The van der Waals surface area contributed by atoms with Gasteiger partial charge in [-0.2, -0.15) is 0 Å². The van der Waals surface area contributed by atoms with E-state index < -0.39 is 35.5 Å². The van der Waals surface area contributed by atoms with E-state index in [0.717, 1.165) is 33.4 Å². The van der Waals surface area contributed by atoms with Gasteiger partial charge in [0.15, 0.2) is 0 Å². The molecule has 0 aliphatic rings. The number of methoxy groups -OCH3 is 1. The Morgan fingerprint density at radius 3 is 2.35 bits per heavy atom. The third-order valence-corrected chi connectivity index (χ3v) is 8.43. The molecule has 4 rings (SSSR count). The van der Waals surface area contributed by atoms with Crippen LogP contribution in [0.25, 0.3) is 33.3 Å². The van der Waals surface area contributed by atoms with Crippen molar-refractivity contribution in [3.8, 4) is 22.4 Å². The van der Waals surface area contributed by atoms with Gasteiger partial charge in [0, 0.05) is 54.9 Å². The van der Waals surface area contributed by atoms with Crippen LogP contribution in [0.3, 0.4) is 0 Å². The number of alkyl halides is 2.